The standard InChI is InChI=1S/C12H20N2OS/c1-8(14-12(2,3)7-15)11-13-9-5-4-6-10(9)16-11/h8,14-15H,4-7H2,1-3H3. The number of aryl methyl sites for hydroxylation is 2. The number of rotatable bonds is 4. The van der Waals surface area contributed by atoms with Gasteiger partial charge in [-0.2, -0.15) is 0 Å². The first-order chi connectivity index (χ1) is 7.52. The van der Waals surface area contributed by atoms with Gasteiger partial charge in [-0.1, -0.05) is 0 Å². The second-order valence-electron chi connectivity index (χ2n) is 5.18. The van der Waals surface area contributed by atoms with E-state index in [1.807, 2.05) is 25.2 Å². The van der Waals surface area contributed by atoms with E-state index in [9.17, 15) is 5.11 Å². The molecule has 1 aromatic rings. The zero-order valence-corrected chi connectivity index (χ0v) is 11.0. The number of thiazole rings is 1. The molecule has 2 N–H and O–H groups in total. The van der Waals surface area contributed by atoms with Gasteiger partial charge in [-0.15, -0.1) is 11.3 Å². The zero-order valence-electron chi connectivity index (χ0n) is 10.2. The second kappa shape index (κ2) is 4.43. The van der Waals surface area contributed by atoms with Crippen LogP contribution in [0, 0.1) is 0 Å². The molecule has 3 nitrogen and oxygen atoms in total. The Labute approximate surface area is 101 Å². The maximum Gasteiger partial charge on any atom is 0.110 e. The molecule has 0 aliphatic heterocycles. The number of hydrogen-bond acceptors (Lipinski definition) is 4. The Hall–Kier alpha value is -0.450. The molecule has 0 saturated carbocycles. The second-order valence-corrected chi connectivity index (χ2v) is 6.30. The Bertz CT molecular complexity index is 352. The first-order valence-corrected chi connectivity index (χ1v) is 6.70. The minimum atomic E-state index is -0.241. The molecule has 0 radical (unpaired) electrons. The molecule has 0 aromatic carbocycles. The summed E-state index contributed by atoms with van der Waals surface area (Å²) in [4.78, 5) is 6.15. The molecule has 0 bridgehead atoms. The van der Waals surface area contributed by atoms with Gasteiger partial charge >= 0.3 is 0 Å². The molecular weight excluding hydrogens is 220 g/mol. The van der Waals surface area contributed by atoms with Crippen LogP contribution in [0.5, 0.6) is 0 Å². The van der Waals surface area contributed by atoms with E-state index in [1.165, 1.54) is 23.4 Å². The number of hydrogen-bond donors (Lipinski definition) is 2. The van der Waals surface area contributed by atoms with Gasteiger partial charge in [-0.05, 0) is 40.0 Å². The number of fused-ring (bicyclic) bond motifs is 1. The topological polar surface area (TPSA) is 45.1 Å². The van der Waals surface area contributed by atoms with Crippen LogP contribution in [0.3, 0.4) is 0 Å². The van der Waals surface area contributed by atoms with Crippen LogP contribution in [0.2, 0.25) is 0 Å². The predicted octanol–water partition coefficient (Wildman–Crippen LogP) is 2.05. The third kappa shape index (κ3) is 2.44. The van der Waals surface area contributed by atoms with Crippen LogP contribution in [0.1, 0.15) is 48.8 Å². The van der Waals surface area contributed by atoms with Crippen LogP contribution in [0.15, 0.2) is 0 Å². The fraction of sp³-hybridized carbons (Fsp3) is 0.750. The van der Waals surface area contributed by atoms with Gasteiger partial charge in [0.05, 0.1) is 18.3 Å². The van der Waals surface area contributed by atoms with E-state index in [0.29, 0.717) is 0 Å². The summed E-state index contributed by atoms with van der Waals surface area (Å²) >= 11 is 1.83. The Morgan fingerprint density at radius 1 is 1.50 bits per heavy atom. The van der Waals surface area contributed by atoms with E-state index in [4.69, 9.17) is 0 Å². The van der Waals surface area contributed by atoms with Gasteiger partial charge < -0.3 is 10.4 Å². The third-order valence-corrected chi connectivity index (χ3v) is 4.33. The molecule has 0 spiro atoms. The summed E-state index contributed by atoms with van der Waals surface area (Å²) in [6.07, 6.45) is 3.60. The van der Waals surface area contributed by atoms with E-state index >= 15 is 0 Å². The highest BCUT2D eigenvalue weighted by molar-refractivity contribution is 7.11. The SMILES string of the molecule is CC(NC(C)(C)CO)c1nc2c(s1)CCC2. The molecule has 0 amide bonds. The minimum absolute atomic E-state index is 0.141. The Morgan fingerprint density at radius 3 is 2.88 bits per heavy atom. The summed E-state index contributed by atoms with van der Waals surface area (Å²) in [5.41, 5.74) is 1.06. The Morgan fingerprint density at radius 2 is 2.25 bits per heavy atom. The number of aliphatic hydroxyl groups is 1. The van der Waals surface area contributed by atoms with Crippen LogP contribution in [-0.4, -0.2) is 22.2 Å². The van der Waals surface area contributed by atoms with Crippen LogP contribution in [0.4, 0.5) is 0 Å². The Balaban J connectivity index is 2.06. The molecular formula is C12H20N2OS. The van der Waals surface area contributed by atoms with Crippen molar-refractivity contribution in [2.24, 2.45) is 0 Å². The van der Waals surface area contributed by atoms with E-state index in [0.717, 1.165) is 11.4 Å². The average molecular weight is 240 g/mol. The maximum absolute atomic E-state index is 9.23. The fourth-order valence-corrected chi connectivity index (χ4v) is 3.24. The highest BCUT2D eigenvalue weighted by Crippen LogP contribution is 2.31. The van der Waals surface area contributed by atoms with Crippen molar-refractivity contribution in [1.29, 1.82) is 0 Å². The fourth-order valence-electron chi connectivity index (χ4n) is 2.09. The van der Waals surface area contributed by atoms with E-state index in [2.05, 4.69) is 17.2 Å². The first-order valence-electron chi connectivity index (χ1n) is 5.89. The van der Waals surface area contributed by atoms with E-state index in [-0.39, 0.29) is 18.2 Å². The van der Waals surface area contributed by atoms with E-state index < -0.39 is 0 Å². The molecule has 4 heteroatoms. The molecule has 1 unspecified atom stereocenters. The number of nitrogens with zero attached hydrogens (tertiary/aromatic N) is 1. The number of aromatic nitrogens is 1. The molecule has 1 aliphatic carbocycles. The largest absolute Gasteiger partial charge is 0.394 e. The highest BCUT2D eigenvalue weighted by Gasteiger charge is 2.24. The summed E-state index contributed by atoms with van der Waals surface area (Å²) in [6, 6.07) is 0.220. The van der Waals surface area contributed by atoms with Gasteiger partial charge in [0.2, 0.25) is 0 Å². The molecule has 1 heterocycles. The van der Waals surface area contributed by atoms with E-state index in [1.54, 1.807) is 0 Å². The summed E-state index contributed by atoms with van der Waals surface area (Å²) in [7, 11) is 0. The molecule has 2 rings (SSSR count). The van der Waals surface area contributed by atoms with Gasteiger partial charge in [-0.25, -0.2) is 4.98 Å². The third-order valence-electron chi connectivity index (χ3n) is 2.99. The highest BCUT2D eigenvalue weighted by atomic mass is 32.1. The predicted molar refractivity (Wildman–Crippen MR) is 66.9 cm³/mol. The van der Waals surface area contributed by atoms with Crippen LogP contribution in [0.25, 0.3) is 0 Å². The summed E-state index contributed by atoms with van der Waals surface area (Å²) in [6.45, 7) is 6.27. The Kier molecular flexibility index (Phi) is 3.33. The van der Waals surface area contributed by atoms with Gasteiger partial charge in [0, 0.05) is 10.4 Å². The van der Waals surface area contributed by atoms with Gasteiger partial charge in [0.25, 0.3) is 0 Å². The van der Waals surface area contributed by atoms with Crippen molar-refractivity contribution in [3.05, 3.63) is 15.6 Å². The maximum atomic E-state index is 9.23. The summed E-state index contributed by atoms with van der Waals surface area (Å²) in [5.74, 6) is 0. The lowest BCUT2D eigenvalue weighted by Crippen LogP contribution is -2.43. The van der Waals surface area contributed by atoms with Gasteiger partial charge in [0.1, 0.15) is 5.01 Å². The van der Waals surface area contributed by atoms with Gasteiger partial charge in [-0.3, -0.25) is 0 Å². The molecule has 0 fully saturated rings. The number of nitrogens with one attached hydrogen (secondary N) is 1. The van der Waals surface area contributed by atoms with Crippen molar-refractivity contribution in [1.82, 2.24) is 10.3 Å². The lowest BCUT2D eigenvalue weighted by molar-refractivity contribution is 0.177. The quantitative estimate of drug-likeness (QED) is 0.846. The lowest BCUT2D eigenvalue weighted by atomic mass is 10.1. The smallest absolute Gasteiger partial charge is 0.110 e. The monoisotopic (exact) mass is 240 g/mol. The van der Waals surface area contributed by atoms with Crippen molar-refractivity contribution < 1.29 is 5.11 Å². The molecule has 1 aliphatic rings. The van der Waals surface area contributed by atoms with Crippen LogP contribution in [-0.2, 0) is 12.8 Å². The molecule has 1 aromatic heterocycles. The van der Waals surface area contributed by atoms with Crippen LogP contribution >= 0.6 is 11.3 Å². The summed E-state index contributed by atoms with van der Waals surface area (Å²) in [5, 5.41) is 13.8. The van der Waals surface area contributed by atoms with Crippen molar-refractivity contribution in [3.8, 4) is 0 Å². The first kappa shape index (κ1) is 12.0. The van der Waals surface area contributed by atoms with Crippen molar-refractivity contribution in [2.75, 3.05) is 6.61 Å². The molecule has 90 valence electrons. The van der Waals surface area contributed by atoms with Crippen LogP contribution < -0.4 is 5.32 Å². The van der Waals surface area contributed by atoms with Crippen molar-refractivity contribution >= 4 is 11.3 Å². The minimum Gasteiger partial charge on any atom is -0.394 e. The van der Waals surface area contributed by atoms with Crippen molar-refractivity contribution in [3.63, 3.8) is 0 Å². The van der Waals surface area contributed by atoms with Crippen molar-refractivity contribution in [2.45, 2.75) is 51.6 Å². The average Bonchev–Trinajstić information content (AvgIpc) is 2.75. The summed E-state index contributed by atoms with van der Waals surface area (Å²) < 4.78 is 0. The normalized spacial score (nSPS) is 17.5. The molecule has 1 atom stereocenters. The lowest BCUT2D eigenvalue weighted by Gasteiger charge is -2.27. The number of aliphatic hydroxyl groups excluding tert-OH is 1. The van der Waals surface area contributed by atoms with Gasteiger partial charge in [0.15, 0.2) is 0 Å². The molecule has 0 saturated heterocycles. The zero-order chi connectivity index (χ0) is 11.8. The molecule has 16 heavy (non-hydrogen) atoms.